The molecule has 1 aromatic rings. The van der Waals surface area contributed by atoms with Crippen LogP contribution < -0.4 is 5.73 Å². The van der Waals surface area contributed by atoms with Crippen molar-refractivity contribution in [2.45, 2.75) is 19.9 Å². The lowest BCUT2D eigenvalue weighted by Crippen LogP contribution is -2.33. The lowest BCUT2D eigenvalue weighted by molar-refractivity contribution is 0.0780. The molecule has 2 heterocycles. The van der Waals surface area contributed by atoms with Crippen LogP contribution in [0.2, 0.25) is 0 Å². The number of nitrogens with zero attached hydrogens (tertiary/aromatic N) is 2. The topological polar surface area (TPSA) is 59.2 Å². The van der Waals surface area contributed by atoms with Crippen LogP contribution >= 0.6 is 0 Å². The zero-order chi connectivity index (χ0) is 11.7. The lowest BCUT2D eigenvalue weighted by atomic mass is 10.1. The van der Waals surface area contributed by atoms with Crippen molar-refractivity contribution in [3.8, 4) is 0 Å². The average molecular weight is 219 g/mol. The van der Waals surface area contributed by atoms with Gasteiger partial charge in [0.15, 0.2) is 0 Å². The first kappa shape index (κ1) is 11.1. The van der Waals surface area contributed by atoms with Gasteiger partial charge in [-0.1, -0.05) is 13.0 Å². The number of pyridine rings is 1. The Balaban J connectivity index is 2.18. The number of carbonyl (C=O) groups excluding carboxylic acids is 1. The van der Waals surface area contributed by atoms with Crippen LogP contribution in [0.25, 0.3) is 0 Å². The molecule has 0 bridgehead atoms. The number of likely N-dealkylation sites (tertiary alicyclic amines) is 1. The van der Waals surface area contributed by atoms with E-state index < -0.39 is 0 Å². The second-order valence-electron chi connectivity index (χ2n) is 4.52. The molecular weight excluding hydrogens is 202 g/mol. The highest BCUT2D eigenvalue weighted by atomic mass is 16.2. The van der Waals surface area contributed by atoms with E-state index in [1.807, 2.05) is 19.1 Å². The van der Waals surface area contributed by atoms with Gasteiger partial charge in [0.05, 0.1) is 0 Å². The SMILES string of the molecule is Cc1cccnc1C(=O)N1CC(C)C(N)C1. The van der Waals surface area contributed by atoms with Crippen molar-refractivity contribution in [2.75, 3.05) is 13.1 Å². The van der Waals surface area contributed by atoms with Gasteiger partial charge in [0.25, 0.3) is 5.91 Å². The zero-order valence-corrected chi connectivity index (χ0v) is 9.68. The summed E-state index contributed by atoms with van der Waals surface area (Å²) >= 11 is 0. The second kappa shape index (κ2) is 4.22. The highest BCUT2D eigenvalue weighted by molar-refractivity contribution is 5.93. The number of aryl methyl sites for hydroxylation is 1. The molecule has 0 saturated carbocycles. The third-order valence-electron chi connectivity index (χ3n) is 3.17. The smallest absolute Gasteiger partial charge is 0.272 e. The fourth-order valence-electron chi connectivity index (χ4n) is 2.02. The number of carbonyl (C=O) groups is 1. The van der Waals surface area contributed by atoms with Crippen LogP contribution in [0.4, 0.5) is 0 Å². The first-order chi connectivity index (χ1) is 7.59. The minimum atomic E-state index is -0.00194. The summed E-state index contributed by atoms with van der Waals surface area (Å²) in [5.41, 5.74) is 7.37. The quantitative estimate of drug-likeness (QED) is 0.760. The van der Waals surface area contributed by atoms with Crippen molar-refractivity contribution < 1.29 is 4.79 Å². The van der Waals surface area contributed by atoms with Crippen molar-refractivity contribution in [3.63, 3.8) is 0 Å². The third-order valence-corrected chi connectivity index (χ3v) is 3.17. The Hall–Kier alpha value is -1.42. The van der Waals surface area contributed by atoms with Gasteiger partial charge in [-0.15, -0.1) is 0 Å². The maximum atomic E-state index is 12.2. The Labute approximate surface area is 95.5 Å². The molecule has 0 radical (unpaired) electrons. The summed E-state index contributed by atoms with van der Waals surface area (Å²) in [6.45, 7) is 5.34. The highest BCUT2D eigenvalue weighted by Gasteiger charge is 2.31. The number of amides is 1. The summed E-state index contributed by atoms with van der Waals surface area (Å²) in [4.78, 5) is 18.1. The van der Waals surface area contributed by atoms with Gasteiger partial charge in [0.2, 0.25) is 0 Å². The lowest BCUT2D eigenvalue weighted by Gasteiger charge is -2.16. The van der Waals surface area contributed by atoms with E-state index >= 15 is 0 Å². The number of hydrogen-bond acceptors (Lipinski definition) is 3. The largest absolute Gasteiger partial charge is 0.335 e. The Bertz CT molecular complexity index is 395. The molecule has 2 N–H and O–H groups in total. The van der Waals surface area contributed by atoms with Gasteiger partial charge in [0.1, 0.15) is 5.69 Å². The van der Waals surface area contributed by atoms with E-state index in [4.69, 9.17) is 5.73 Å². The van der Waals surface area contributed by atoms with Crippen LogP contribution in [0.5, 0.6) is 0 Å². The zero-order valence-electron chi connectivity index (χ0n) is 9.68. The molecule has 1 fully saturated rings. The molecule has 1 amide bonds. The van der Waals surface area contributed by atoms with E-state index in [0.29, 0.717) is 18.2 Å². The van der Waals surface area contributed by atoms with Crippen molar-refractivity contribution >= 4 is 5.91 Å². The molecule has 4 nitrogen and oxygen atoms in total. The van der Waals surface area contributed by atoms with E-state index in [1.165, 1.54) is 0 Å². The predicted octanol–water partition coefficient (Wildman–Crippen LogP) is 0.809. The van der Waals surface area contributed by atoms with E-state index in [-0.39, 0.29) is 11.9 Å². The van der Waals surface area contributed by atoms with Crippen LogP contribution in [0.15, 0.2) is 18.3 Å². The summed E-state index contributed by atoms with van der Waals surface area (Å²) < 4.78 is 0. The van der Waals surface area contributed by atoms with E-state index in [2.05, 4.69) is 11.9 Å². The van der Waals surface area contributed by atoms with E-state index in [1.54, 1.807) is 11.1 Å². The Kier molecular flexibility index (Phi) is 2.92. The predicted molar refractivity (Wildman–Crippen MR) is 62.0 cm³/mol. The van der Waals surface area contributed by atoms with Gasteiger partial charge in [-0.25, -0.2) is 0 Å². The van der Waals surface area contributed by atoms with Crippen LogP contribution in [-0.4, -0.2) is 34.9 Å². The summed E-state index contributed by atoms with van der Waals surface area (Å²) in [6, 6.07) is 3.83. The molecule has 2 rings (SSSR count). The molecule has 1 aliphatic rings. The first-order valence-electron chi connectivity index (χ1n) is 5.56. The van der Waals surface area contributed by atoms with Crippen LogP contribution in [0.3, 0.4) is 0 Å². The summed E-state index contributed by atoms with van der Waals surface area (Å²) in [5, 5.41) is 0. The van der Waals surface area contributed by atoms with Gasteiger partial charge in [0, 0.05) is 25.3 Å². The van der Waals surface area contributed by atoms with Gasteiger partial charge < -0.3 is 10.6 Å². The minimum Gasteiger partial charge on any atom is -0.335 e. The molecule has 2 atom stereocenters. The van der Waals surface area contributed by atoms with Crippen molar-refractivity contribution in [1.29, 1.82) is 0 Å². The molecule has 16 heavy (non-hydrogen) atoms. The summed E-state index contributed by atoms with van der Waals surface area (Å²) in [5.74, 6) is 0.367. The van der Waals surface area contributed by atoms with Gasteiger partial charge in [-0.05, 0) is 24.5 Å². The molecule has 86 valence electrons. The number of aromatic nitrogens is 1. The number of nitrogens with two attached hydrogens (primary N) is 1. The van der Waals surface area contributed by atoms with Crippen molar-refractivity contribution in [2.24, 2.45) is 11.7 Å². The second-order valence-corrected chi connectivity index (χ2v) is 4.52. The molecule has 1 aromatic heterocycles. The molecule has 4 heteroatoms. The minimum absolute atomic E-state index is 0.00194. The van der Waals surface area contributed by atoms with Crippen molar-refractivity contribution in [1.82, 2.24) is 9.88 Å². The normalized spacial score (nSPS) is 24.8. The molecule has 2 unspecified atom stereocenters. The number of hydrogen-bond donors (Lipinski definition) is 1. The summed E-state index contributed by atoms with van der Waals surface area (Å²) in [7, 11) is 0. The van der Waals surface area contributed by atoms with Gasteiger partial charge >= 0.3 is 0 Å². The van der Waals surface area contributed by atoms with Gasteiger partial charge in [-0.2, -0.15) is 0 Å². The molecule has 0 aliphatic carbocycles. The third kappa shape index (κ3) is 1.93. The van der Waals surface area contributed by atoms with Crippen molar-refractivity contribution in [3.05, 3.63) is 29.6 Å². The summed E-state index contributed by atoms with van der Waals surface area (Å²) in [6.07, 6.45) is 1.65. The molecule has 0 spiro atoms. The Morgan fingerprint density at radius 2 is 2.31 bits per heavy atom. The maximum Gasteiger partial charge on any atom is 0.272 e. The van der Waals surface area contributed by atoms with E-state index in [0.717, 1.165) is 12.1 Å². The fourth-order valence-corrected chi connectivity index (χ4v) is 2.02. The average Bonchev–Trinajstić information content (AvgIpc) is 2.59. The first-order valence-corrected chi connectivity index (χ1v) is 5.56. The standard InChI is InChI=1S/C12H17N3O/c1-8-4-3-5-14-11(8)12(16)15-6-9(2)10(13)7-15/h3-5,9-10H,6-7,13H2,1-2H3. The fraction of sp³-hybridized carbons (Fsp3) is 0.500. The number of rotatable bonds is 1. The Morgan fingerprint density at radius 1 is 1.56 bits per heavy atom. The monoisotopic (exact) mass is 219 g/mol. The van der Waals surface area contributed by atoms with Gasteiger partial charge in [-0.3, -0.25) is 9.78 Å². The Morgan fingerprint density at radius 3 is 2.88 bits per heavy atom. The molecule has 0 aromatic carbocycles. The highest BCUT2D eigenvalue weighted by Crippen LogP contribution is 2.17. The maximum absolute atomic E-state index is 12.2. The molecule has 1 aliphatic heterocycles. The molecular formula is C12H17N3O. The van der Waals surface area contributed by atoms with E-state index in [9.17, 15) is 4.79 Å². The van der Waals surface area contributed by atoms with Crippen LogP contribution in [-0.2, 0) is 0 Å². The van der Waals surface area contributed by atoms with Crippen LogP contribution in [0, 0.1) is 12.8 Å². The van der Waals surface area contributed by atoms with Crippen LogP contribution in [0.1, 0.15) is 23.0 Å². The molecule has 1 saturated heterocycles.